The zero-order chi connectivity index (χ0) is 10.8. The highest BCUT2D eigenvalue weighted by Crippen LogP contribution is 2.16. The van der Waals surface area contributed by atoms with Crippen LogP contribution in [-0.4, -0.2) is 25.8 Å². The summed E-state index contributed by atoms with van der Waals surface area (Å²) in [5.41, 5.74) is 0.550. The quantitative estimate of drug-likeness (QED) is 0.850. The maximum absolute atomic E-state index is 10.5. The van der Waals surface area contributed by atoms with Gasteiger partial charge in [0.15, 0.2) is 0 Å². The van der Waals surface area contributed by atoms with Gasteiger partial charge in [0.2, 0.25) is 0 Å². The molecular formula is C9H9N3O2S. The van der Waals surface area contributed by atoms with Gasteiger partial charge in [0.05, 0.1) is 23.3 Å². The predicted molar refractivity (Wildman–Crippen MR) is 55.3 cm³/mol. The van der Waals surface area contributed by atoms with E-state index < -0.39 is 5.97 Å². The number of thiazole rings is 1. The lowest BCUT2D eigenvalue weighted by atomic mass is 10.3. The third-order valence-corrected chi connectivity index (χ3v) is 2.71. The van der Waals surface area contributed by atoms with Crippen LogP contribution in [0.15, 0.2) is 18.5 Å². The number of carboxylic acid groups (broad SMARTS) is 1. The van der Waals surface area contributed by atoms with Gasteiger partial charge in [-0.2, -0.15) is 5.10 Å². The summed E-state index contributed by atoms with van der Waals surface area (Å²) in [6.45, 7) is 1.91. The smallest absolute Gasteiger partial charge is 0.309 e. The average Bonchev–Trinajstić information content (AvgIpc) is 2.72. The van der Waals surface area contributed by atoms with Gasteiger partial charge in [0.1, 0.15) is 5.00 Å². The van der Waals surface area contributed by atoms with Crippen molar-refractivity contribution >= 4 is 17.3 Å². The number of nitrogens with zero attached hydrogens (tertiary/aromatic N) is 3. The summed E-state index contributed by atoms with van der Waals surface area (Å²) >= 11 is 1.51. The van der Waals surface area contributed by atoms with Gasteiger partial charge < -0.3 is 5.11 Å². The molecule has 1 N–H and O–H groups in total. The third kappa shape index (κ3) is 2.21. The minimum atomic E-state index is -0.874. The highest BCUT2D eigenvalue weighted by molar-refractivity contribution is 7.14. The normalized spacial score (nSPS) is 10.5. The summed E-state index contributed by atoms with van der Waals surface area (Å²) in [5, 5.41) is 14.6. The first-order valence-electron chi connectivity index (χ1n) is 4.34. The van der Waals surface area contributed by atoms with Crippen LogP contribution >= 0.6 is 11.3 Å². The maximum Gasteiger partial charge on any atom is 0.309 e. The van der Waals surface area contributed by atoms with Crippen molar-refractivity contribution in [2.24, 2.45) is 0 Å². The number of rotatable bonds is 3. The highest BCUT2D eigenvalue weighted by atomic mass is 32.1. The van der Waals surface area contributed by atoms with Crippen LogP contribution in [0.25, 0.3) is 5.00 Å². The van der Waals surface area contributed by atoms with Crippen LogP contribution in [0.2, 0.25) is 0 Å². The van der Waals surface area contributed by atoms with Gasteiger partial charge in [-0.3, -0.25) is 4.79 Å². The molecule has 0 aromatic carbocycles. The molecule has 15 heavy (non-hydrogen) atoms. The predicted octanol–water partition coefficient (Wildman–Crippen LogP) is 1.26. The molecule has 0 aliphatic heterocycles. The van der Waals surface area contributed by atoms with Crippen LogP contribution in [0, 0.1) is 6.92 Å². The lowest BCUT2D eigenvalue weighted by Crippen LogP contribution is -2.01. The van der Waals surface area contributed by atoms with Gasteiger partial charge in [0.25, 0.3) is 0 Å². The summed E-state index contributed by atoms with van der Waals surface area (Å²) in [6, 6.07) is 1.70. The van der Waals surface area contributed by atoms with Gasteiger partial charge in [-0.05, 0) is 13.0 Å². The van der Waals surface area contributed by atoms with Crippen molar-refractivity contribution in [2.45, 2.75) is 13.3 Å². The Bertz CT molecular complexity index is 489. The molecule has 0 atom stereocenters. The van der Waals surface area contributed by atoms with Crippen LogP contribution in [0.4, 0.5) is 0 Å². The summed E-state index contributed by atoms with van der Waals surface area (Å²) in [4.78, 5) is 14.6. The van der Waals surface area contributed by atoms with Gasteiger partial charge >= 0.3 is 5.97 Å². The minimum absolute atomic E-state index is 0.0508. The number of carboxylic acids is 1. The second kappa shape index (κ2) is 3.82. The molecule has 2 rings (SSSR count). The van der Waals surface area contributed by atoms with E-state index in [1.165, 1.54) is 11.3 Å². The number of aliphatic carboxylic acids is 1. The molecule has 0 saturated carbocycles. The first kappa shape index (κ1) is 9.85. The monoisotopic (exact) mass is 223 g/mol. The van der Waals surface area contributed by atoms with Gasteiger partial charge in [-0.25, -0.2) is 9.67 Å². The summed E-state index contributed by atoms with van der Waals surface area (Å²) in [5.74, 6) is -0.874. The lowest BCUT2D eigenvalue weighted by molar-refractivity contribution is -0.136. The van der Waals surface area contributed by atoms with Crippen molar-refractivity contribution < 1.29 is 9.90 Å². The summed E-state index contributed by atoms with van der Waals surface area (Å²) in [7, 11) is 0. The molecule has 2 heterocycles. The molecule has 0 fully saturated rings. The number of aromatic nitrogens is 3. The fourth-order valence-corrected chi connectivity index (χ4v) is 1.90. The van der Waals surface area contributed by atoms with E-state index in [0.717, 1.165) is 10.0 Å². The molecule has 78 valence electrons. The van der Waals surface area contributed by atoms with Crippen molar-refractivity contribution in [1.29, 1.82) is 0 Å². The lowest BCUT2D eigenvalue weighted by Gasteiger charge is -1.93. The van der Waals surface area contributed by atoms with E-state index in [1.807, 2.05) is 6.92 Å². The van der Waals surface area contributed by atoms with E-state index in [4.69, 9.17) is 5.11 Å². The Labute approximate surface area is 90.0 Å². The van der Waals surface area contributed by atoms with E-state index in [2.05, 4.69) is 10.1 Å². The molecule has 0 unspecified atom stereocenters. The van der Waals surface area contributed by atoms with E-state index in [9.17, 15) is 4.79 Å². The van der Waals surface area contributed by atoms with Crippen molar-refractivity contribution in [3.63, 3.8) is 0 Å². The highest BCUT2D eigenvalue weighted by Gasteiger charge is 2.06. The minimum Gasteiger partial charge on any atom is -0.481 e. The van der Waals surface area contributed by atoms with Crippen LogP contribution in [0.1, 0.15) is 10.7 Å². The Hall–Kier alpha value is -1.69. The van der Waals surface area contributed by atoms with Gasteiger partial charge in [-0.15, -0.1) is 0 Å². The van der Waals surface area contributed by atoms with E-state index >= 15 is 0 Å². The van der Waals surface area contributed by atoms with Crippen molar-refractivity contribution in [2.75, 3.05) is 0 Å². The fourth-order valence-electron chi connectivity index (χ4n) is 1.19. The Morgan fingerprint density at radius 3 is 3.07 bits per heavy atom. The molecule has 2 aromatic heterocycles. The standard InChI is InChI=1S/C9H9N3O2S/c1-6-10-5-8(15-6)12-3-2-7(11-12)4-9(13)14/h2-3,5H,4H2,1H3,(H,13,14). The Morgan fingerprint density at radius 1 is 1.67 bits per heavy atom. The molecule has 6 heteroatoms. The van der Waals surface area contributed by atoms with Crippen LogP contribution in [-0.2, 0) is 11.2 Å². The van der Waals surface area contributed by atoms with Gasteiger partial charge in [-0.1, -0.05) is 11.3 Å². The van der Waals surface area contributed by atoms with Gasteiger partial charge in [0, 0.05) is 6.20 Å². The summed E-state index contributed by atoms with van der Waals surface area (Å²) in [6.07, 6.45) is 3.41. The Morgan fingerprint density at radius 2 is 2.47 bits per heavy atom. The SMILES string of the molecule is Cc1ncc(-n2ccc(CC(=O)O)n2)s1. The molecule has 2 aromatic rings. The zero-order valence-corrected chi connectivity index (χ0v) is 8.86. The molecule has 0 aliphatic rings. The maximum atomic E-state index is 10.5. The van der Waals surface area contributed by atoms with Crippen molar-refractivity contribution in [1.82, 2.24) is 14.8 Å². The van der Waals surface area contributed by atoms with Crippen molar-refractivity contribution in [3.8, 4) is 5.00 Å². The van der Waals surface area contributed by atoms with Crippen LogP contribution in [0.3, 0.4) is 0 Å². The first-order valence-corrected chi connectivity index (χ1v) is 5.16. The van der Waals surface area contributed by atoms with E-state index in [0.29, 0.717) is 5.69 Å². The second-order valence-electron chi connectivity index (χ2n) is 3.04. The first-order chi connectivity index (χ1) is 7.15. The number of hydrogen-bond donors (Lipinski definition) is 1. The number of carbonyl (C=O) groups is 1. The third-order valence-electron chi connectivity index (χ3n) is 1.81. The Balaban J connectivity index is 2.23. The molecular weight excluding hydrogens is 214 g/mol. The number of aryl methyl sites for hydroxylation is 1. The molecule has 0 amide bonds. The molecule has 0 spiro atoms. The summed E-state index contributed by atoms with van der Waals surface area (Å²) < 4.78 is 1.64. The molecule has 0 aliphatic carbocycles. The number of hydrogen-bond acceptors (Lipinski definition) is 4. The molecule has 0 bridgehead atoms. The van der Waals surface area contributed by atoms with Crippen molar-refractivity contribution in [3.05, 3.63) is 29.2 Å². The fraction of sp³-hybridized carbons (Fsp3) is 0.222. The largest absolute Gasteiger partial charge is 0.481 e. The average molecular weight is 223 g/mol. The molecule has 5 nitrogen and oxygen atoms in total. The van der Waals surface area contributed by atoms with Crippen LogP contribution < -0.4 is 0 Å². The second-order valence-corrected chi connectivity index (χ2v) is 4.25. The zero-order valence-electron chi connectivity index (χ0n) is 8.04. The van der Waals surface area contributed by atoms with E-state index in [1.54, 1.807) is 23.1 Å². The molecule has 0 saturated heterocycles. The Kier molecular flexibility index (Phi) is 2.51. The van der Waals surface area contributed by atoms with Crippen LogP contribution in [0.5, 0.6) is 0 Å². The van der Waals surface area contributed by atoms with E-state index in [-0.39, 0.29) is 6.42 Å². The molecule has 0 radical (unpaired) electrons. The topological polar surface area (TPSA) is 68.0 Å².